The summed E-state index contributed by atoms with van der Waals surface area (Å²) in [4.78, 5) is 39.7. The first-order valence-corrected chi connectivity index (χ1v) is 9.68. The van der Waals surface area contributed by atoms with E-state index in [1.165, 1.54) is 17.0 Å². The van der Waals surface area contributed by atoms with Gasteiger partial charge in [-0.1, -0.05) is 0 Å². The van der Waals surface area contributed by atoms with Crippen LogP contribution < -0.4 is 11.5 Å². The molecule has 8 N–H and O–H groups in total. The number of ketones is 2. The minimum absolute atomic E-state index is 0.0286. The van der Waals surface area contributed by atoms with Gasteiger partial charge in [0.1, 0.15) is 22.8 Å². The number of nitrogens with zero attached hydrogens (tertiary/aromatic N) is 1. The summed E-state index contributed by atoms with van der Waals surface area (Å²) in [6, 6.07) is 1.70. The molecule has 3 aliphatic carbocycles. The number of carbonyl (C=O) groups excluding carboxylic acids is 3. The van der Waals surface area contributed by atoms with E-state index >= 15 is 0 Å². The fourth-order valence-corrected chi connectivity index (χ4v) is 5.27. The fourth-order valence-electron chi connectivity index (χ4n) is 5.27. The zero-order chi connectivity index (χ0) is 23.0. The third-order valence-corrected chi connectivity index (χ3v) is 6.64. The molecule has 0 aromatic heterocycles. The molecule has 10 heteroatoms. The molecule has 1 aromatic carbocycles. The largest absolute Gasteiger partial charge is 0.510 e. The Bertz CT molecular complexity index is 1120. The van der Waals surface area contributed by atoms with Gasteiger partial charge in [-0.05, 0) is 50.6 Å². The lowest BCUT2D eigenvalue weighted by Crippen LogP contribution is -2.63. The minimum atomic E-state index is -2.64. The summed E-state index contributed by atoms with van der Waals surface area (Å²) in [5, 5.41) is 43.4. The number of benzene rings is 1. The van der Waals surface area contributed by atoms with Crippen molar-refractivity contribution < 1.29 is 34.8 Å². The number of phenolic OH excluding ortho intramolecular Hbond substituents is 1. The lowest BCUT2D eigenvalue weighted by Gasteiger charge is -2.50. The molecule has 3 aliphatic rings. The first kappa shape index (κ1) is 20.9. The van der Waals surface area contributed by atoms with Crippen LogP contribution >= 0.6 is 0 Å². The zero-order valence-corrected chi connectivity index (χ0v) is 16.9. The quantitative estimate of drug-likeness (QED) is 0.208. The molecule has 164 valence electrons. The van der Waals surface area contributed by atoms with E-state index in [1.54, 1.807) is 14.1 Å². The number of rotatable bonds is 2. The average Bonchev–Trinajstić information content (AvgIpc) is 2.67. The van der Waals surface area contributed by atoms with Gasteiger partial charge in [0.05, 0.1) is 11.6 Å². The molecule has 0 aliphatic heterocycles. The highest BCUT2D eigenvalue weighted by atomic mass is 16.3. The van der Waals surface area contributed by atoms with E-state index < -0.39 is 58.0 Å². The highest BCUT2D eigenvalue weighted by molar-refractivity contribution is 6.24. The molecular weight excluding hydrogens is 406 g/mol. The van der Waals surface area contributed by atoms with Gasteiger partial charge in [0.15, 0.2) is 11.4 Å². The number of nitrogen functional groups attached to an aromatic ring is 1. The summed E-state index contributed by atoms with van der Waals surface area (Å²) in [6.45, 7) is 0. The van der Waals surface area contributed by atoms with Crippen molar-refractivity contribution in [1.29, 1.82) is 0 Å². The second-order valence-electron chi connectivity index (χ2n) is 8.49. The van der Waals surface area contributed by atoms with Gasteiger partial charge in [-0.25, -0.2) is 0 Å². The second kappa shape index (κ2) is 6.56. The number of primary amides is 1. The van der Waals surface area contributed by atoms with Crippen LogP contribution in [0.1, 0.15) is 22.3 Å². The molecule has 0 saturated heterocycles. The Balaban J connectivity index is 1.98. The number of likely N-dealkylation sites (N-methyl/N-ethyl adjacent to an activating group) is 1. The topological polar surface area (TPSA) is 187 Å². The predicted octanol–water partition coefficient (Wildman–Crippen LogP) is -0.297. The van der Waals surface area contributed by atoms with E-state index in [0.717, 1.165) is 0 Å². The summed E-state index contributed by atoms with van der Waals surface area (Å²) >= 11 is 0. The molecule has 4 atom stereocenters. The molecule has 0 bridgehead atoms. The van der Waals surface area contributed by atoms with Crippen molar-refractivity contribution in [2.24, 2.45) is 17.6 Å². The van der Waals surface area contributed by atoms with Gasteiger partial charge in [0, 0.05) is 17.2 Å². The SMILES string of the molecule is CN(C)[C@@H]1C(O)=C(C(N)=O)C(=O)C2(O)C(O)=C3C(=O)c4c(O)ccc(N)c4CC3CC12. The van der Waals surface area contributed by atoms with Crippen molar-refractivity contribution >= 4 is 23.2 Å². The number of fused-ring (bicyclic) bond motifs is 3. The Morgan fingerprint density at radius 1 is 1.19 bits per heavy atom. The molecule has 0 fully saturated rings. The maximum Gasteiger partial charge on any atom is 0.255 e. The lowest BCUT2D eigenvalue weighted by molar-refractivity contribution is -0.148. The number of Topliss-reactive ketones (excluding diaryl/α,β-unsaturated/α-hetero) is 2. The van der Waals surface area contributed by atoms with Crippen LogP contribution in [-0.4, -0.2) is 68.5 Å². The number of aliphatic hydroxyl groups excluding tert-OH is 2. The van der Waals surface area contributed by atoms with Crippen molar-refractivity contribution in [3.63, 3.8) is 0 Å². The number of hydrogen-bond donors (Lipinski definition) is 6. The molecular formula is C21H23N3O7. The maximum absolute atomic E-state index is 13.2. The number of nitrogens with two attached hydrogens (primary N) is 2. The van der Waals surface area contributed by atoms with E-state index in [1.807, 2.05) is 0 Å². The van der Waals surface area contributed by atoms with Crippen LogP contribution in [0.25, 0.3) is 0 Å². The summed E-state index contributed by atoms with van der Waals surface area (Å²) in [5.41, 5.74) is 8.22. The number of anilines is 1. The first-order valence-electron chi connectivity index (χ1n) is 9.68. The van der Waals surface area contributed by atoms with Crippen LogP contribution in [0.4, 0.5) is 5.69 Å². The Hall–Kier alpha value is -3.37. The van der Waals surface area contributed by atoms with Crippen molar-refractivity contribution in [3.05, 3.63) is 45.9 Å². The molecule has 1 amide bonds. The van der Waals surface area contributed by atoms with Gasteiger partial charge in [0.2, 0.25) is 5.78 Å². The number of hydrogen-bond acceptors (Lipinski definition) is 9. The molecule has 10 nitrogen and oxygen atoms in total. The van der Waals surface area contributed by atoms with E-state index in [2.05, 4.69) is 0 Å². The van der Waals surface area contributed by atoms with Crippen LogP contribution in [0.2, 0.25) is 0 Å². The van der Waals surface area contributed by atoms with Gasteiger partial charge in [-0.15, -0.1) is 0 Å². The predicted molar refractivity (Wildman–Crippen MR) is 108 cm³/mol. The van der Waals surface area contributed by atoms with Gasteiger partial charge in [0.25, 0.3) is 5.91 Å². The lowest BCUT2D eigenvalue weighted by atomic mass is 9.58. The van der Waals surface area contributed by atoms with Crippen molar-refractivity contribution in [1.82, 2.24) is 4.90 Å². The smallest absolute Gasteiger partial charge is 0.255 e. The van der Waals surface area contributed by atoms with E-state index in [9.17, 15) is 34.8 Å². The number of allylic oxidation sites excluding steroid dienone is 1. The summed E-state index contributed by atoms with van der Waals surface area (Å²) in [6.07, 6.45) is 0.204. The zero-order valence-electron chi connectivity index (χ0n) is 16.9. The van der Waals surface area contributed by atoms with Crippen LogP contribution in [0.15, 0.2) is 34.8 Å². The standard InChI is InChI=1S/C21H23N3O7/c1-24(2)15-9-6-7-5-8-10(22)3-4-11(25)13(8)16(26)12(7)18(28)21(9,31)19(29)14(17(15)27)20(23)30/h3-4,7,9,15,25,27-28,31H,5-6,22H2,1-2H3,(H2,23,30)/t7?,9?,15-,21?/m0/s1. The van der Waals surface area contributed by atoms with Crippen LogP contribution in [-0.2, 0) is 16.0 Å². The highest BCUT2D eigenvalue weighted by Gasteiger charge is 2.63. The molecule has 0 saturated carbocycles. The molecule has 1 aromatic rings. The normalized spacial score (nSPS) is 30.3. The third kappa shape index (κ3) is 2.55. The van der Waals surface area contributed by atoms with Crippen molar-refractivity contribution in [3.8, 4) is 5.75 Å². The summed E-state index contributed by atoms with van der Waals surface area (Å²) in [5.74, 6) is -6.80. The summed E-state index contributed by atoms with van der Waals surface area (Å²) < 4.78 is 0. The van der Waals surface area contributed by atoms with Crippen LogP contribution in [0.5, 0.6) is 5.75 Å². The van der Waals surface area contributed by atoms with Crippen molar-refractivity contribution in [2.75, 3.05) is 19.8 Å². The van der Waals surface area contributed by atoms with Crippen molar-refractivity contribution in [2.45, 2.75) is 24.5 Å². The molecule has 0 heterocycles. The van der Waals surface area contributed by atoms with E-state index in [-0.39, 0.29) is 29.7 Å². The number of aliphatic hydroxyl groups is 3. The van der Waals surface area contributed by atoms with Gasteiger partial charge >= 0.3 is 0 Å². The first-order chi connectivity index (χ1) is 14.4. The molecule has 3 unspecified atom stereocenters. The summed E-state index contributed by atoms with van der Waals surface area (Å²) in [7, 11) is 3.15. The Morgan fingerprint density at radius 2 is 1.84 bits per heavy atom. The molecule has 0 spiro atoms. The van der Waals surface area contributed by atoms with Crippen LogP contribution in [0.3, 0.4) is 0 Å². The second-order valence-corrected chi connectivity index (χ2v) is 8.49. The van der Waals surface area contributed by atoms with Gasteiger partial charge < -0.3 is 31.9 Å². The number of carbonyl (C=O) groups is 3. The number of aromatic hydroxyl groups is 1. The molecule has 31 heavy (non-hydrogen) atoms. The number of amides is 1. The Labute approximate surface area is 177 Å². The van der Waals surface area contributed by atoms with Gasteiger partial charge in [-0.3, -0.25) is 19.3 Å². The Kier molecular flexibility index (Phi) is 4.42. The number of phenols is 1. The fraction of sp³-hybridized carbons (Fsp3) is 0.381. The van der Waals surface area contributed by atoms with Gasteiger partial charge in [-0.2, -0.15) is 0 Å². The molecule has 4 rings (SSSR count). The van der Waals surface area contributed by atoms with E-state index in [4.69, 9.17) is 11.5 Å². The minimum Gasteiger partial charge on any atom is -0.510 e. The highest BCUT2D eigenvalue weighted by Crippen LogP contribution is 2.52. The molecule has 0 radical (unpaired) electrons. The van der Waals surface area contributed by atoms with E-state index in [0.29, 0.717) is 11.3 Å². The van der Waals surface area contributed by atoms with Crippen LogP contribution in [0, 0.1) is 11.8 Å². The maximum atomic E-state index is 13.2. The monoisotopic (exact) mass is 429 g/mol. The third-order valence-electron chi connectivity index (χ3n) is 6.64. The Morgan fingerprint density at radius 3 is 2.42 bits per heavy atom. The average molecular weight is 429 g/mol.